The van der Waals surface area contributed by atoms with Crippen LogP contribution in [0.1, 0.15) is 37.0 Å². The molecule has 3 nitrogen and oxygen atoms in total. The minimum absolute atomic E-state index is 0.0889. The average molecular weight is 269 g/mol. The van der Waals surface area contributed by atoms with E-state index in [9.17, 15) is 8.42 Å². The number of sulfone groups is 1. The predicted octanol–water partition coefficient (Wildman–Crippen LogP) is 2.34. The van der Waals surface area contributed by atoms with Gasteiger partial charge in [0, 0.05) is 6.04 Å². The minimum Gasteiger partial charge on any atom is -0.328 e. The van der Waals surface area contributed by atoms with Crippen LogP contribution in [0, 0.1) is 13.8 Å². The van der Waals surface area contributed by atoms with Crippen molar-refractivity contribution in [1.29, 1.82) is 0 Å². The van der Waals surface area contributed by atoms with E-state index in [2.05, 4.69) is 0 Å². The first-order chi connectivity index (χ1) is 8.20. The van der Waals surface area contributed by atoms with Crippen LogP contribution in [0.25, 0.3) is 0 Å². The first-order valence-corrected chi connectivity index (χ1v) is 7.96. The second-order valence-electron chi connectivity index (χ2n) is 5.33. The number of hydrogen-bond donors (Lipinski definition) is 1. The smallest absolute Gasteiger partial charge is 0.157 e. The van der Waals surface area contributed by atoms with Crippen LogP contribution in [0.15, 0.2) is 18.2 Å². The second-order valence-corrected chi connectivity index (χ2v) is 7.75. The zero-order valence-corrected chi connectivity index (χ0v) is 12.4. The highest BCUT2D eigenvalue weighted by Crippen LogP contribution is 2.17. The first-order valence-electron chi connectivity index (χ1n) is 6.25. The van der Waals surface area contributed by atoms with E-state index >= 15 is 0 Å². The van der Waals surface area contributed by atoms with Gasteiger partial charge in [-0.1, -0.05) is 29.3 Å². The maximum atomic E-state index is 12.2. The highest BCUT2D eigenvalue weighted by molar-refractivity contribution is 7.91. The van der Waals surface area contributed by atoms with Crippen molar-refractivity contribution in [3.63, 3.8) is 0 Å². The van der Waals surface area contributed by atoms with Gasteiger partial charge in [0.05, 0.1) is 11.0 Å². The Kier molecular flexibility index (Phi) is 4.93. The molecule has 0 spiro atoms. The second kappa shape index (κ2) is 5.85. The number of benzene rings is 1. The van der Waals surface area contributed by atoms with Gasteiger partial charge in [-0.3, -0.25) is 0 Å². The molecule has 0 aromatic heterocycles. The van der Waals surface area contributed by atoms with E-state index in [-0.39, 0.29) is 11.8 Å². The van der Waals surface area contributed by atoms with E-state index in [0.717, 1.165) is 16.7 Å². The van der Waals surface area contributed by atoms with Gasteiger partial charge >= 0.3 is 0 Å². The molecule has 4 heteroatoms. The van der Waals surface area contributed by atoms with Crippen molar-refractivity contribution in [2.24, 2.45) is 5.73 Å². The van der Waals surface area contributed by atoms with Crippen LogP contribution in [0.2, 0.25) is 0 Å². The van der Waals surface area contributed by atoms with Gasteiger partial charge in [-0.2, -0.15) is 0 Å². The Balaban J connectivity index is 2.88. The first kappa shape index (κ1) is 15.2. The number of aryl methyl sites for hydroxylation is 2. The van der Waals surface area contributed by atoms with E-state index in [1.54, 1.807) is 6.92 Å². The lowest BCUT2D eigenvalue weighted by atomic mass is 10.1. The summed E-state index contributed by atoms with van der Waals surface area (Å²) < 4.78 is 24.4. The molecule has 2 N–H and O–H groups in total. The van der Waals surface area contributed by atoms with Crippen molar-refractivity contribution in [2.75, 3.05) is 0 Å². The average Bonchev–Trinajstić information content (AvgIpc) is 2.13. The molecule has 0 aliphatic rings. The SMILES string of the molecule is Cc1cc(C)cc(CS(=O)(=O)C(C)CC(C)N)c1. The van der Waals surface area contributed by atoms with Crippen LogP contribution in [0.3, 0.4) is 0 Å². The standard InChI is InChI=1S/C14H23NO2S/c1-10-5-11(2)7-14(6-10)9-18(16,17)13(4)8-12(3)15/h5-7,12-13H,8-9,15H2,1-4H3. The van der Waals surface area contributed by atoms with Crippen molar-refractivity contribution < 1.29 is 8.42 Å². The molecule has 2 atom stereocenters. The summed E-state index contributed by atoms with van der Waals surface area (Å²) in [5.74, 6) is 0.101. The Labute approximate surface area is 110 Å². The van der Waals surface area contributed by atoms with E-state index in [1.165, 1.54) is 0 Å². The van der Waals surface area contributed by atoms with Gasteiger partial charge in [0.15, 0.2) is 9.84 Å². The largest absolute Gasteiger partial charge is 0.328 e. The van der Waals surface area contributed by atoms with Crippen LogP contribution in [-0.2, 0) is 15.6 Å². The summed E-state index contributed by atoms with van der Waals surface area (Å²) in [5.41, 5.74) is 8.73. The molecule has 0 fully saturated rings. The number of rotatable bonds is 5. The highest BCUT2D eigenvalue weighted by atomic mass is 32.2. The van der Waals surface area contributed by atoms with E-state index in [1.807, 2.05) is 39.0 Å². The third kappa shape index (κ3) is 4.42. The predicted molar refractivity (Wildman–Crippen MR) is 76.3 cm³/mol. The lowest BCUT2D eigenvalue weighted by molar-refractivity contribution is 0.562. The quantitative estimate of drug-likeness (QED) is 0.892. The van der Waals surface area contributed by atoms with Crippen molar-refractivity contribution in [3.8, 4) is 0 Å². The van der Waals surface area contributed by atoms with Gasteiger partial charge in [-0.05, 0) is 39.7 Å². The zero-order chi connectivity index (χ0) is 13.9. The molecule has 1 aromatic rings. The van der Waals surface area contributed by atoms with Crippen LogP contribution < -0.4 is 5.73 Å². The molecule has 18 heavy (non-hydrogen) atoms. The van der Waals surface area contributed by atoms with Crippen LogP contribution >= 0.6 is 0 Å². The van der Waals surface area contributed by atoms with Gasteiger partial charge in [0.2, 0.25) is 0 Å². The Bertz CT molecular complexity index is 486. The Hall–Kier alpha value is -0.870. The third-order valence-electron chi connectivity index (χ3n) is 2.97. The third-order valence-corrected chi connectivity index (χ3v) is 5.12. The van der Waals surface area contributed by atoms with E-state index < -0.39 is 15.1 Å². The molecule has 0 heterocycles. The van der Waals surface area contributed by atoms with Gasteiger partial charge in [-0.25, -0.2) is 8.42 Å². The molecule has 0 saturated carbocycles. The Morgan fingerprint density at radius 2 is 1.61 bits per heavy atom. The van der Waals surface area contributed by atoms with Gasteiger partial charge in [-0.15, -0.1) is 0 Å². The summed E-state index contributed by atoms with van der Waals surface area (Å²) in [6.45, 7) is 7.53. The van der Waals surface area contributed by atoms with Crippen LogP contribution in [-0.4, -0.2) is 19.7 Å². The molecule has 1 rings (SSSR count). The Morgan fingerprint density at radius 3 is 2.06 bits per heavy atom. The maximum absolute atomic E-state index is 12.2. The maximum Gasteiger partial charge on any atom is 0.157 e. The fraction of sp³-hybridized carbons (Fsp3) is 0.571. The molecule has 0 aliphatic carbocycles. The van der Waals surface area contributed by atoms with Crippen LogP contribution in [0.4, 0.5) is 0 Å². The van der Waals surface area contributed by atoms with Crippen molar-refractivity contribution in [2.45, 2.75) is 51.2 Å². The van der Waals surface area contributed by atoms with Crippen LogP contribution in [0.5, 0.6) is 0 Å². The molecule has 0 amide bonds. The molecule has 0 bridgehead atoms. The fourth-order valence-electron chi connectivity index (χ4n) is 2.20. The zero-order valence-electron chi connectivity index (χ0n) is 11.6. The topological polar surface area (TPSA) is 60.2 Å². The lowest BCUT2D eigenvalue weighted by Crippen LogP contribution is -2.28. The summed E-state index contributed by atoms with van der Waals surface area (Å²) >= 11 is 0. The molecule has 1 aromatic carbocycles. The normalized spacial score (nSPS) is 15.4. The fourth-order valence-corrected chi connectivity index (χ4v) is 3.71. The summed E-state index contributed by atoms with van der Waals surface area (Å²) in [6, 6.07) is 5.82. The summed E-state index contributed by atoms with van der Waals surface area (Å²) in [7, 11) is -3.12. The molecular formula is C14H23NO2S. The summed E-state index contributed by atoms with van der Waals surface area (Å²) in [4.78, 5) is 0. The molecule has 0 aliphatic heterocycles. The number of nitrogens with two attached hydrogens (primary N) is 1. The molecule has 2 unspecified atom stereocenters. The highest BCUT2D eigenvalue weighted by Gasteiger charge is 2.22. The molecule has 0 radical (unpaired) electrons. The lowest BCUT2D eigenvalue weighted by Gasteiger charge is -2.15. The summed E-state index contributed by atoms with van der Waals surface area (Å²) in [5, 5.41) is -0.390. The van der Waals surface area contributed by atoms with Crippen molar-refractivity contribution in [3.05, 3.63) is 34.9 Å². The van der Waals surface area contributed by atoms with Gasteiger partial charge in [0.1, 0.15) is 0 Å². The van der Waals surface area contributed by atoms with E-state index in [4.69, 9.17) is 5.73 Å². The summed E-state index contributed by atoms with van der Waals surface area (Å²) in [6.07, 6.45) is 0.507. The number of hydrogen-bond acceptors (Lipinski definition) is 3. The molecule has 102 valence electrons. The van der Waals surface area contributed by atoms with E-state index in [0.29, 0.717) is 6.42 Å². The Morgan fingerprint density at radius 1 is 1.11 bits per heavy atom. The van der Waals surface area contributed by atoms with Crippen molar-refractivity contribution >= 4 is 9.84 Å². The monoisotopic (exact) mass is 269 g/mol. The van der Waals surface area contributed by atoms with Crippen molar-refractivity contribution in [1.82, 2.24) is 0 Å². The molecule has 0 saturated heterocycles. The minimum atomic E-state index is -3.12. The molecular weight excluding hydrogens is 246 g/mol. The van der Waals surface area contributed by atoms with Gasteiger partial charge in [0.25, 0.3) is 0 Å². The van der Waals surface area contributed by atoms with Gasteiger partial charge < -0.3 is 5.73 Å².